The standard InChI is InChI=1S/C18H28N2O2S/c1-13-11-15(23-18(2,3)4)5-6-16(13)19-17(22)20-9-7-14(12-21)8-10-20/h5-6,11,14,21H,7-10,12H2,1-4H3,(H,19,22). The van der Waals surface area contributed by atoms with Crippen LogP contribution in [0.25, 0.3) is 0 Å². The lowest BCUT2D eigenvalue weighted by molar-refractivity contribution is 0.143. The molecular formula is C18H28N2O2S. The Labute approximate surface area is 143 Å². The number of aliphatic hydroxyl groups excluding tert-OH is 1. The fraction of sp³-hybridized carbons (Fsp3) is 0.611. The lowest BCUT2D eigenvalue weighted by Crippen LogP contribution is -2.41. The second kappa shape index (κ2) is 7.58. The van der Waals surface area contributed by atoms with Crippen LogP contribution < -0.4 is 5.32 Å². The molecule has 2 amide bonds. The van der Waals surface area contributed by atoms with E-state index in [1.165, 1.54) is 4.90 Å². The number of urea groups is 1. The highest BCUT2D eigenvalue weighted by molar-refractivity contribution is 8.00. The second-order valence-corrected chi connectivity index (χ2v) is 9.13. The maximum Gasteiger partial charge on any atom is 0.321 e. The highest BCUT2D eigenvalue weighted by atomic mass is 32.2. The molecule has 0 aliphatic carbocycles. The van der Waals surface area contributed by atoms with E-state index in [9.17, 15) is 9.90 Å². The molecule has 0 radical (unpaired) electrons. The number of amides is 2. The van der Waals surface area contributed by atoms with Gasteiger partial charge in [-0.2, -0.15) is 0 Å². The number of carbonyl (C=O) groups excluding carboxylic acids is 1. The number of hydrogen-bond donors (Lipinski definition) is 2. The summed E-state index contributed by atoms with van der Waals surface area (Å²) in [5.74, 6) is 0.342. The summed E-state index contributed by atoms with van der Waals surface area (Å²) in [5, 5.41) is 12.2. The summed E-state index contributed by atoms with van der Waals surface area (Å²) in [6, 6.07) is 6.14. The third-order valence-corrected chi connectivity index (χ3v) is 5.13. The molecule has 1 fully saturated rings. The fourth-order valence-electron chi connectivity index (χ4n) is 2.71. The minimum absolute atomic E-state index is 0.0410. The maximum absolute atomic E-state index is 12.4. The summed E-state index contributed by atoms with van der Waals surface area (Å²) in [6.45, 7) is 10.3. The summed E-state index contributed by atoms with van der Waals surface area (Å²) in [5.41, 5.74) is 1.95. The van der Waals surface area contributed by atoms with Crippen molar-refractivity contribution in [1.29, 1.82) is 0 Å². The Bertz CT molecular complexity index is 546. The van der Waals surface area contributed by atoms with Crippen molar-refractivity contribution in [2.75, 3.05) is 25.0 Å². The van der Waals surface area contributed by atoms with Crippen molar-refractivity contribution in [2.24, 2.45) is 5.92 Å². The number of piperidine rings is 1. The number of rotatable bonds is 3. The summed E-state index contributed by atoms with van der Waals surface area (Å²) in [7, 11) is 0. The summed E-state index contributed by atoms with van der Waals surface area (Å²) >= 11 is 1.83. The average molecular weight is 337 g/mol. The van der Waals surface area contributed by atoms with Crippen LogP contribution in [-0.2, 0) is 0 Å². The van der Waals surface area contributed by atoms with Gasteiger partial charge >= 0.3 is 6.03 Å². The SMILES string of the molecule is Cc1cc(SC(C)(C)C)ccc1NC(=O)N1CCC(CO)CC1. The number of carbonyl (C=O) groups is 1. The van der Waals surface area contributed by atoms with Gasteiger partial charge in [-0.15, -0.1) is 11.8 Å². The van der Waals surface area contributed by atoms with Crippen LogP contribution in [-0.4, -0.2) is 40.5 Å². The molecule has 2 N–H and O–H groups in total. The van der Waals surface area contributed by atoms with Gasteiger partial charge in [0.2, 0.25) is 0 Å². The van der Waals surface area contributed by atoms with Crippen molar-refractivity contribution in [2.45, 2.75) is 50.2 Å². The number of benzene rings is 1. The molecule has 23 heavy (non-hydrogen) atoms. The molecule has 0 unspecified atom stereocenters. The highest BCUT2D eigenvalue weighted by Crippen LogP contribution is 2.33. The van der Waals surface area contributed by atoms with E-state index in [2.05, 4.69) is 38.2 Å². The van der Waals surface area contributed by atoms with E-state index in [4.69, 9.17) is 0 Å². The van der Waals surface area contributed by atoms with Gasteiger partial charge in [-0.05, 0) is 49.4 Å². The second-order valence-electron chi connectivity index (χ2n) is 7.23. The molecule has 1 aliphatic heterocycles. The summed E-state index contributed by atoms with van der Waals surface area (Å²) in [6.07, 6.45) is 1.76. The average Bonchev–Trinajstić information content (AvgIpc) is 2.48. The van der Waals surface area contributed by atoms with Crippen LogP contribution in [0.3, 0.4) is 0 Å². The number of likely N-dealkylation sites (tertiary alicyclic amines) is 1. The molecule has 4 nitrogen and oxygen atoms in total. The molecule has 1 aromatic rings. The predicted molar refractivity (Wildman–Crippen MR) is 97.2 cm³/mol. The quantitative estimate of drug-likeness (QED) is 0.816. The zero-order chi connectivity index (χ0) is 17.0. The van der Waals surface area contributed by atoms with Gasteiger partial charge in [0.25, 0.3) is 0 Å². The number of nitrogens with zero attached hydrogens (tertiary/aromatic N) is 1. The van der Waals surface area contributed by atoms with E-state index < -0.39 is 0 Å². The Morgan fingerprint density at radius 2 is 2.00 bits per heavy atom. The molecule has 0 bridgehead atoms. The number of anilines is 1. The molecule has 2 rings (SSSR count). The molecule has 0 spiro atoms. The topological polar surface area (TPSA) is 52.6 Å². The third kappa shape index (κ3) is 5.43. The van der Waals surface area contributed by atoms with E-state index in [1.54, 1.807) is 0 Å². The Morgan fingerprint density at radius 3 is 2.52 bits per heavy atom. The molecule has 0 saturated carbocycles. The fourth-order valence-corrected chi connectivity index (χ4v) is 3.79. The predicted octanol–water partition coefficient (Wildman–Crippen LogP) is 4.12. The Morgan fingerprint density at radius 1 is 1.35 bits per heavy atom. The van der Waals surface area contributed by atoms with Gasteiger partial charge in [-0.25, -0.2) is 4.79 Å². The molecule has 0 atom stereocenters. The van der Waals surface area contributed by atoms with Gasteiger partial charge in [-0.3, -0.25) is 0 Å². The molecule has 1 aliphatic rings. The number of aliphatic hydroxyl groups is 1. The lowest BCUT2D eigenvalue weighted by atomic mass is 9.98. The van der Waals surface area contributed by atoms with Crippen molar-refractivity contribution in [1.82, 2.24) is 4.90 Å². The minimum atomic E-state index is -0.0410. The molecule has 1 heterocycles. The van der Waals surface area contributed by atoms with Gasteiger partial charge in [0.05, 0.1) is 0 Å². The minimum Gasteiger partial charge on any atom is -0.396 e. The van der Waals surface area contributed by atoms with Crippen molar-refractivity contribution in [3.63, 3.8) is 0 Å². The van der Waals surface area contributed by atoms with Crippen molar-refractivity contribution < 1.29 is 9.90 Å². The van der Waals surface area contributed by atoms with Gasteiger partial charge < -0.3 is 15.3 Å². The van der Waals surface area contributed by atoms with Crippen LogP contribution in [0.1, 0.15) is 39.2 Å². The molecule has 128 valence electrons. The number of hydrogen-bond acceptors (Lipinski definition) is 3. The normalized spacial score (nSPS) is 16.5. The first-order valence-electron chi connectivity index (χ1n) is 8.25. The first-order valence-corrected chi connectivity index (χ1v) is 9.06. The van der Waals surface area contributed by atoms with Crippen LogP contribution in [0.2, 0.25) is 0 Å². The maximum atomic E-state index is 12.4. The third-order valence-electron chi connectivity index (χ3n) is 4.02. The van der Waals surface area contributed by atoms with Gasteiger partial charge in [0.15, 0.2) is 0 Å². The lowest BCUT2D eigenvalue weighted by Gasteiger charge is -2.31. The molecule has 1 aromatic carbocycles. The Hall–Kier alpha value is -1.20. The number of nitrogens with one attached hydrogen (secondary N) is 1. The van der Waals surface area contributed by atoms with E-state index in [-0.39, 0.29) is 17.4 Å². The molecule has 5 heteroatoms. The Balaban J connectivity index is 1.96. The van der Waals surface area contributed by atoms with Crippen LogP contribution >= 0.6 is 11.8 Å². The van der Waals surface area contributed by atoms with Crippen LogP contribution in [0.4, 0.5) is 10.5 Å². The van der Waals surface area contributed by atoms with E-state index in [0.717, 1.165) is 24.1 Å². The Kier molecular flexibility index (Phi) is 5.98. The highest BCUT2D eigenvalue weighted by Gasteiger charge is 2.22. The number of thioether (sulfide) groups is 1. The zero-order valence-corrected chi connectivity index (χ0v) is 15.4. The first kappa shape index (κ1) is 18.1. The molecular weight excluding hydrogens is 308 g/mol. The van der Waals surface area contributed by atoms with E-state index in [1.807, 2.05) is 29.7 Å². The van der Waals surface area contributed by atoms with Gasteiger partial charge in [0.1, 0.15) is 0 Å². The van der Waals surface area contributed by atoms with E-state index in [0.29, 0.717) is 19.0 Å². The van der Waals surface area contributed by atoms with Crippen LogP contribution in [0.15, 0.2) is 23.1 Å². The van der Waals surface area contributed by atoms with Crippen molar-refractivity contribution in [3.05, 3.63) is 23.8 Å². The summed E-state index contributed by atoms with van der Waals surface area (Å²) in [4.78, 5) is 15.4. The molecule has 0 aromatic heterocycles. The monoisotopic (exact) mass is 336 g/mol. The number of aryl methyl sites for hydroxylation is 1. The van der Waals surface area contributed by atoms with Crippen molar-refractivity contribution in [3.8, 4) is 0 Å². The van der Waals surface area contributed by atoms with Gasteiger partial charge in [0, 0.05) is 35.0 Å². The van der Waals surface area contributed by atoms with Crippen molar-refractivity contribution >= 4 is 23.5 Å². The van der Waals surface area contributed by atoms with Crippen LogP contribution in [0.5, 0.6) is 0 Å². The summed E-state index contributed by atoms with van der Waals surface area (Å²) < 4.78 is 0.175. The van der Waals surface area contributed by atoms with Crippen LogP contribution in [0, 0.1) is 12.8 Å². The largest absolute Gasteiger partial charge is 0.396 e. The smallest absolute Gasteiger partial charge is 0.321 e. The first-order chi connectivity index (χ1) is 10.8. The van der Waals surface area contributed by atoms with Gasteiger partial charge in [-0.1, -0.05) is 20.8 Å². The molecule has 1 saturated heterocycles. The zero-order valence-electron chi connectivity index (χ0n) is 14.6. The van der Waals surface area contributed by atoms with E-state index >= 15 is 0 Å².